The van der Waals surface area contributed by atoms with Gasteiger partial charge in [0, 0.05) is 12.6 Å². The molecule has 0 aliphatic carbocycles. The van der Waals surface area contributed by atoms with Crippen LogP contribution >= 0.6 is 15.9 Å². The quantitative estimate of drug-likeness (QED) is 0.813. The van der Waals surface area contributed by atoms with Gasteiger partial charge in [-0.3, -0.25) is 0 Å². The van der Waals surface area contributed by atoms with Crippen molar-refractivity contribution in [1.82, 2.24) is 9.55 Å². The average Bonchev–Trinajstić information content (AvgIpc) is 2.59. The lowest BCUT2D eigenvalue weighted by molar-refractivity contribution is 0.866. The molecule has 0 radical (unpaired) electrons. The lowest BCUT2D eigenvalue weighted by atomic mass is 10.0. The summed E-state index contributed by atoms with van der Waals surface area (Å²) < 4.78 is 2.92. The second-order valence-electron chi connectivity index (χ2n) is 4.27. The Morgan fingerprint density at radius 3 is 2.25 bits per heavy atom. The second kappa shape index (κ2) is 4.42. The zero-order valence-corrected chi connectivity index (χ0v) is 11.3. The molecule has 1 aromatic carbocycles. The first-order valence-corrected chi connectivity index (χ1v) is 6.16. The first-order valence-electron chi connectivity index (χ1n) is 5.36. The monoisotopic (exact) mass is 278 g/mol. The van der Waals surface area contributed by atoms with Crippen LogP contribution in [0.2, 0.25) is 0 Å². The van der Waals surface area contributed by atoms with Gasteiger partial charge >= 0.3 is 0 Å². The van der Waals surface area contributed by atoms with Crippen LogP contribution < -0.4 is 0 Å². The first kappa shape index (κ1) is 11.4. The Morgan fingerprint density at radius 1 is 1.19 bits per heavy atom. The molecule has 1 aromatic heterocycles. The average molecular weight is 279 g/mol. The lowest BCUT2D eigenvalue weighted by Gasteiger charge is -2.07. The van der Waals surface area contributed by atoms with E-state index in [1.807, 2.05) is 17.9 Å². The minimum atomic E-state index is 0.573. The molecule has 0 N–H and O–H groups in total. The normalized spacial score (nSPS) is 11.1. The van der Waals surface area contributed by atoms with Crippen LogP contribution in [0.3, 0.4) is 0 Å². The molecule has 0 amide bonds. The van der Waals surface area contributed by atoms with Gasteiger partial charge in [-0.05, 0) is 27.4 Å². The summed E-state index contributed by atoms with van der Waals surface area (Å²) >= 11 is 3.47. The van der Waals surface area contributed by atoms with E-state index in [9.17, 15) is 0 Å². The molecule has 2 rings (SSSR count). The number of hydrogen-bond donors (Lipinski definition) is 0. The fraction of sp³-hybridized carbons (Fsp3) is 0.308. The van der Waals surface area contributed by atoms with Gasteiger partial charge in [0.15, 0.2) is 0 Å². The van der Waals surface area contributed by atoms with Gasteiger partial charge in [0.1, 0.15) is 4.60 Å². The van der Waals surface area contributed by atoms with E-state index in [0.29, 0.717) is 5.92 Å². The molecule has 0 unspecified atom stereocenters. The van der Waals surface area contributed by atoms with Gasteiger partial charge in [0.05, 0.1) is 12.0 Å². The van der Waals surface area contributed by atoms with Gasteiger partial charge in [0.2, 0.25) is 0 Å². The zero-order chi connectivity index (χ0) is 11.7. The Balaban J connectivity index is 2.42. The van der Waals surface area contributed by atoms with Crippen molar-refractivity contribution < 1.29 is 0 Å². The molecule has 0 bridgehead atoms. The van der Waals surface area contributed by atoms with Crippen molar-refractivity contribution in [2.24, 2.45) is 7.05 Å². The van der Waals surface area contributed by atoms with Gasteiger partial charge in [0.25, 0.3) is 0 Å². The molecule has 84 valence electrons. The fourth-order valence-electron chi connectivity index (χ4n) is 1.75. The smallest absolute Gasteiger partial charge is 0.132 e. The van der Waals surface area contributed by atoms with Gasteiger partial charge < -0.3 is 4.57 Å². The summed E-state index contributed by atoms with van der Waals surface area (Å²) in [6, 6.07) is 8.66. The van der Waals surface area contributed by atoms with Crippen molar-refractivity contribution in [3.8, 4) is 11.3 Å². The zero-order valence-electron chi connectivity index (χ0n) is 9.74. The predicted octanol–water partition coefficient (Wildman–Crippen LogP) is 3.97. The SMILES string of the molecule is CC(C)c1ccc(-c2c(Br)ncn2C)cc1. The van der Waals surface area contributed by atoms with Crippen LogP contribution in [0.4, 0.5) is 0 Å². The first-order chi connectivity index (χ1) is 7.59. The van der Waals surface area contributed by atoms with Crippen LogP contribution in [0.15, 0.2) is 35.2 Å². The molecule has 0 atom stereocenters. The largest absolute Gasteiger partial charge is 0.333 e. The summed E-state index contributed by atoms with van der Waals surface area (Å²) in [6.07, 6.45) is 1.82. The van der Waals surface area contributed by atoms with Crippen LogP contribution in [0.5, 0.6) is 0 Å². The van der Waals surface area contributed by atoms with E-state index in [4.69, 9.17) is 0 Å². The Morgan fingerprint density at radius 2 is 1.81 bits per heavy atom. The third-order valence-electron chi connectivity index (χ3n) is 2.74. The summed E-state index contributed by atoms with van der Waals surface area (Å²) in [7, 11) is 2.00. The summed E-state index contributed by atoms with van der Waals surface area (Å²) in [5.74, 6) is 0.573. The van der Waals surface area contributed by atoms with E-state index < -0.39 is 0 Å². The van der Waals surface area contributed by atoms with Crippen LogP contribution in [0.1, 0.15) is 25.3 Å². The van der Waals surface area contributed by atoms with E-state index in [1.54, 1.807) is 0 Å². The highest BCUT2D eigenvalue weighted by atomic mass is 79.9. The van der Waals surface area contributed by atoms with Crippen molar-refractivity contribution in [1.29, 1.82) is 0 Å². The van der Waals surface area contributed by atoms with Crippen molar-refractivity contribution >= 4 is 15.9 Å². The van der Waals surface area contributed by atoms with E-state index in [1.165, 1.54) is 11.1 Å². The van der Waals surface area contributed by atoms with Crippen LogP contribution in [0, 0.1) is 0 Å². The molecule has 0 saturated heterocycles. The van der Waals surface area contributed by atoms with Gasteiger partial charge in [-0.15, -0.1) is 0 Å². The number of benzene rings is 1. The highest BCUT2D eigenvalue weighted by molar-refractivity contribution is 9.10. The lowest BCUT2D eigenvalue weighted by Crippen LogP contribution is -1.91. The number of hydrogen-bond acceptors (Lipinski definition) is 1. The summed E-state index contributed by atoms with van der Waals surface area (Å²) in [5.41, 5.74) is 3.67. The molecular weight excluding hydrogens is 264 g/mol. The van der Waals surface area contributed by atoms with E-state index in [2.05, 4.69) is 59.0 Å². The molecule has 0 saturated carbocycles. The number of aryl methyl sites for hydroxylation is 1. The fourth-order valence-corrected chi connectivity index (χ4v) is 2.35. The van der Waals surface area contributed by atoms with Crippen LogP contribution in [0.25, 0.3) is 11.3 Å². The topological polar surface area (TPSA) is 17.8 Å². The highest BCUT2D eigenvalue weighted by Crippen LogP contribution is 2.27. The summed E-state index contributed by atoms with van der Waals surface area (Å²) in [6.45, 7) is 4.41. The third-order valence-corrected chi connectivity index (χ3v) is 3.32. The Kier molecular flexibility index (Phi) is 3.15. The predicted molar refractivity (Wildman–Crippen MR) is 70.4 cm³/mol. The Labute approximate surface area is 104 Å². The van der Waals surface area contributed by atoms with Gasteiger partial charge in [-0.1, -0.05) is 38.1 Å². The molecule has 3 heteroatoms. The number of halogens is 1. The molecule has 0 fully saturated rings. The van der Waals surface area contributed by atoms with E-state index >= 15 is 0 Å². The number of aromatic nitrogens is 2. The minimum Gasteiger partial charge on any atom is -0.333 e. The highest BCUT2D eigenvalue weighted by Gasteiger charge is 2.08. The van der Waals surface area contributed by atoms with E-state index in [-0.39, 0.29) is 0 Å². The second-order valence-corrected chi connectivity index (χ2v) is 5.02. The standard InChI is InChI=1S/C13H15BrN2/c1-9(2)10-4-6-11(7-5-10)12-13(14)15-8-16(12)3/h4-9H,1-3H3. The maximum atomic E-state index is 4.23. The summed E-state index contributed by atoms with van der Waals surface area (Å²) in [5, 5.41) is 0. The van der Waals surface area contributed by atoms with Crippen molar-refractivity contribution in [2.75, 3.05) is 0 Å². The number of nitrogens with zero attached hydrogens (tertiary/aromatic N) is 2. The van der Waals surface area contributed by atoms with Gasteiger partial charge in [-0.2, -0.15) is 0 Å². The molecule has 1 heterocycles. The number of rotatable bonds is 2. The minimum absolute atomic E-state index is 0.573. The molecule has 0 spiro atoms. The van der Waals surface area contributed by atoms with Gasteiger partial charge in [-0.25, -0.2) is 4.98 Å². The number of imidazole rings is 1. The summed E-state index contributed by atoms with van der Waals surface area (Å²) in [4.78, 5) is 4.23. The maximum Gasteiger partial charge on any atom is 0.132 e. The third kappa shape index (κ3) is 2.05. The maximum absolute atomic E-state index is 4.23. The molecule has 0 aliphatic rings. The Hall–Kier alpha value is -1.09. The van der Waals surface area contributed by atoms with Crippen molar-refractivity contribution in [2.45, 2.75) is 19.8 Å². The molecular formula is C13H15BrN2. The molecule has 2 aromatic rings. The van der Waals surface area contributed by atoms with Crippen molar-refractivity contribution in [3.63, 3.8) is 0 Å². The van der Waals surface area contributed by atoms with Crippen LogP contribution in [-0.4, -0.2) is 9.55 Å². The van der Waals surface area contributed by atoms with Crippen molar-refractivity contribution in [3.05, 3.63) is 40.8 Å². The molecule has 2 nitrogen and oxygen atoms in total. The van der Waals surface area contributed by atoms with E-state index in [0.717, 1.165) is 10.3 Å². The van der Waals surface area contributed by atoms with Crippen LogP contribution in [-0.2, 0) is 7.05 Å². The molecule has 0 aliphatic heterocycles. The Bertz CT molecular complexity index is 464. The molecule has 16 heavy (non-hydrogen) atoms.